The number of carbonyl (C=O) groups is 1. The fourth-order valence-electron chi connectivity index (χ4n) is 1.77. The Kier molecular flexibility index (Phi) is 4.69. The fourth-order valence-corrected chi connectivity index (χ4v) is 1.77. The van der Waals surface area contributed by atoms with Gasteiger partial charge in [-0.05, 0) is 45.7 Å². The molecule has 0 spiro atoms. The summed E-state index contributed by atoms with van der Waals surface area (Å²) in [6, 6.07) is 10.4. The van der Waals surface area contributed by atoms with Crippen molar-refractivity contribution in [1.82, 2.24) is 5.32 Å². The summed E-state index contributed by atoms with van der Waals surface area (Å²) in [4.78, 5) is 11.5. The number of ketones is 1. The molecule has 0 saturated carbocycles. The molecule has 0 heterocycles. The van der Waals surface area contributed by atoms with Crippen molar-refractivity contribution in [3.8, 4) is 0 Å². The van der Waals surface area contributed by atoms with E-state index in [0.717, 1.165) is 19.3 Å². The van der Waals surface area contributed by atoms with Crippen LogP contribution in [0.2, 0.25) is 0 Å². The summed E-state index contributed by atoms with van der Waals surface area (Å²) in [5, 5.41) is 3.11. The van der Waals surface area contributed by atoms with Crippen molar-refractivity contribution in [2.75, 3.05) is 7.05 Å². The van der Waals surface area contributed by atoms with E-state index in [4.69, 9.17) is 0 Å². The highest BCUT2D eigenvalue weighted by atomic mass is 16.1. The van der Waals surface area contributed by atoms with E-state index in [9.17, 15) is 4.79 Å². The van der Waals surface area contributed by atoms with Crippen molar-refractivity contribution in [3.05, 3.63) is 35.9 Å². The van der Waals surface area contributed by atoms with Gasteiger partial charge in [-0.1, -0.05) is 30.3 Å². The Morgan fingerprint density at radius 3 is 2.44 bits per heavy atom. The van der Waals surface area contributed by atoms with Crippen LogP contribution in [0.15, 0.2) is 30.3 Å². The predicted octanol–water partition coefficient (Wildman–Crippen LogP) is 2.58. The second-order valence-electron chi connectivity index (χ2n) is 4.48. The van der Waals surface area contributed by atoms with Gasteiger partial charge in [-0.15, -0.1) is 0 Å². The summed E-state index contributed by atoms with van der Waals surface area (Å²) in [7, 11) is 1.85. The normalized spacial score (nSPS) is 14.4. The topological polar surface area (TPSA) is 29.1 Å². The van der Waals surface area contributed by atoms with Crippen LogP contribution in [0.4, 0.5) is 0 Å². The van der Waals surface area contributed by atoms with Gasteiger partial charge in [0.15, 0.2) is 0 Å². The third kappa shape index (κ3) is 3.46. The van der Waals surface area contributed by atoms with Crippen LogP contribution in [-0.4, -0.2) is 18.4 Å². The van der Waals surface area contributed by atoms with Gasteiger partial charge in [-0.25, -0.2) is 0 Å². The van der Waals surface area contributed by atoms with Crippen LogP contribution in [-0.2, 0) is 11.2 Å². The highest BCUT2D eigenvalue weighted by Crippen LogP contribution is 2.15. The first-order valence-corrected chi connectivity index (χ1v) is 5.82. The van der Waals surface area contributed by atoms with Gasteiger partial charge in [0.2, 0.25) is 0 Å². The molecule has 0 aromatic heterocycles. The minimum absolute atomic E-state index is 0.211. The number of likely N-dealkylation sites (N-methyl/N-ethyl adjacent to an activating group) is 1. The molecule has 0 amide bonds. The number of rotatable bonds is 6. The van der Waals surface area contributed by atoms with Gasteiger partial charge in [-0.3, -0.25) is 4.79 Å². The molecular weight excluding hydrogens is 198 g/mol. The highest BCUT2D eigenvalue weighted by molar-refractivity contribution is 5.85. The molecule has 0 saturated heterocycles. The average Bonchev–Trinajstić information content (AvgIpc) is 2.30. The standard InChI is InChI=1S/C14H21NO/c1-12(16)14(2,15-3)11-7-10-13-8-5-4-6-9-13/h4-6,8-9,15H,7,10-11H2,1-3H3. The molecule has 1 atom stereocenters. The molecule has 1 aromatic carbocycles. The van der Waals surface area contributed by atoms with Crippen molar-refractivity contribution in [1.29, 1.82) is 0 Å². The van der Waals surface area contributed by atoms with E-state index < -0.39 is 0 Å². The lowest BCUT2D eigenvalue weighted by molar-refractivity contribution is -0.122. The molecule has 0 aliphatic heterocycles. The molecule has 16 heavy (non-hydrogen) atoms. The lowest BCUT2D eigenvalue weighted by Gasteiger charge is -2.26. The second kappa shape index (κ2) is 5.80. The zero-order chi connectivity index (χ0) is 12.0. The predicted molar refractivity (Wildman–Crippen MR) is 67.5 cm³/mol. The maximum Gasteiger partial charge on any atom is 0.149 e. The van der Waals surface area contributed by atoms with Crippen molar-refractivity contribution >= 4 is 5.78 Å². The number of hydrogen-bond acceptors (Lipinski definition) is 2. The molecule has 0 aliphatic carbocycles. The van der Waals surface area contributed by atoms with Crippen LogP contribution in [0, 0.1) is 0 Å². The highest BCUT2D eigenvalue weighted by Gasteiger charge is 2.26. The number of benzene rings is 1. The van der Waals surface area contributed by atoms with E-state index in [-0.39, 0.29) is 11.3 Å². The minimum Gasteiger partial charge on any atom is -0.308 e. The Balaban J connectivity index is 2.43. The first kappa shape index (κ1) is 12.9. The van der Waals surface area contributed by atoms with E-state index in [0.29, 0.717) is 0 Å². The van der Waals surface area contributed by atoms with E-state index in [1.807, 2.05) is 20.0 Å². The van der Waals surface area contributed by atoms with Crippen molar-refractivity contribution in [2.24, 2.45) is 0 Å². The smallest absolute Gasteiger partial charge is 0.149 e. The first-order chi connectivity index (χ1) is 7.58. The van der Waals surface area contributed by atoms with Crippen LogP contribution in [0.1, 0.15) is 32.3 Å². The molecule has 0 radical (unpaired) electrons. The first-order valence-electron chi connectivity index (χ1n) is 5.82. The summed E-state index contributed by atoms with van der Waals surface area (Å²) in [5.41, 5.74) is 0.971. The van der Waals surface area contributed by atoms with Gasteiger partial charge in [0.1, 0.15) is 5.78 Å². The molecule has 1 aromatic rings. The summed E-state index contributed by atoms with van der Waals surface area (Å²) in [6.45, 7) is 3.62. The third-order valence-corrected chi connectivity index (χ3v) is 3.31. The third-order valence-electron chi connectivity index (χ3n) is 3.31. The van der Waals surface area contributed by atoms with E-state index in [2.05, 4.69) is 29.6 Å². The molecule has 0 fully saturated rings. The summed E-state index contributed by atoms with van der Waals surface area (Å²) in [6.07, 6.45) is 2.94. The van der Waals surface area contributed by atoms with Crippen LogP contribution in [0.5, 0.6) is 0 Å². The van der Waals surface area contributed by atoms with Gasteiger partial charge >= 0.3 is 0 Å². The van der Waals surface area contributed by atoms with Gasteiger partial charge < -0.3 is 5.32 Å². The quantitative estimate of drug-likeness (QED) is 0.796. The van der Waals surface area contributed by atoms with Gasteiger partial charge in [0, 0.05) is 0 Å². The Morgan fingerprint density at radius 1 is 1.31 bits per heavy atom. The Morgan fingerprint density at radius 2 is 1.94 bits per heavy atom. The Bertz CT molecular complexity index is 334. The fraction of sp³-hybridized carbons (Fsp3) is 0.500. The zero-order valence-electron chi connectivity index (χ0n) is 10.4. The van der Waals surface area contributed by atoms with Crippen molar-refractivity contribution in [2.45, 2.75) is 38.6 Å². The Labute approximate surface area is 98.1 Å². The van der Waals surface area contributed by atoms with Gasteiger partial charge in [0.05, 0.1) is 5.54 Å². The molecule has 88 valence electrons. The van der Waals surface area contributed by atoms with Crippen LogP contribution in [0.3, 0.4) is 0 Å². The lowest BCUT2D eigenvalue weighted by Crippen LogP contribution is -2.46. The van der Waals surface area contributed by atoms with E-state index in [1.165, 1.54) is 5.56 Å². The van der Waals surface area contributed by atoms with E-state index in [1.54, 1.807) is 6.92 Å². The van der Waals surface area contributed by atoms with Crippen LogP contribution < -0.4 is 5.32 Å². The molecule has 1 unspecified atom stereocenters. The number of aryl methyl sites for hydroxylation is 1. The maximum atomic E-state index is 11.5. The molecule has 0 bridgehead atoms. The van der Waals surface area contributed by atoms with Gasteiger partial charge in [0.25, 0.3) is 0 Å². The largest absolute Gasteiger partial charge is 0.308 e. The van der Waals surface area contributed by atoms with E-state index >= 15 is 0 Å². The number of hydrogen-bond donors (Lipinski definition) is 1. The number of Topliss-reactive ketones (excluding diaryl/α,β-unsaturated/α-hetero) is 1. The van der Waals surface area contributed by atoms with Crippen molar-refractivity contribution < 1.29 is 4.79 Å². The molecule has 2 nitrogen and oxygen atoms in total. The van der Waals surface area contributed by atoms with Crippen molar-refractivity contribution in [3.63, 3.8) is 0 Å². The SMILES string of the molecule is CNC(C)(CCCc1ccccc1)C(C)=O. The number of carbonyl (C=O) groups excluding carboxylic acids is 1. The lowest BCUT2D eigenvalue weighted by atomic mass is 9.90. The summed E-state index contributed by atoms with van der Waals surface area (Å²) >= 11 is 0. The zero-order valence-corrected chi connectivity index (χ0v) is 10.4. The average molecular weight is 219 g/mol. The molecule has 1 rings (SSSR count). The molecular formula is C14H21NO. The second-order valence-corrected chi connectivity index (χ2v) is 4.48. The Hall–Kier alpha value is -1.15. The number of nitrogens with one attached hydrogen (secondary N) is 1. The minimum atomic E-state index is -0.366. The molecule has 2 heteroatoms. The van der Waals surface area contributed by atoms with Crippen LogP contribution >= 0.6 is 0 Å². The summed E-state index contributed by atoms with van der Waals surface area (Å²) in [5.74, 6) is 0.211. The monoisotopic (exact) mass is 219 g/mol. The van der Waals surface area contributed by atoms with Gasteiger partial charge in [-0.2, -0.15) is 0 Å². The van der Waals surface area contributed by atoms with Crippen LogP contribution in [0.25, 0.3) is 0 Å². The molecule has 1 N–H and O–H groups in total. The maximum absolute atomic E-state index is 11.5. The molecule has 0 aliphatic rings. The summed E-state index contributed by atoms with van der Waals surface area (Å²) < 4.78 is 0.